The van der Waals surface area contributed by atoms with Gasteiger partial charge in [-0.15, -0.1) is 0 Å². The van der Waals surface area contributed by atoms with E-state index in [1.807, 2.05) is 6.92 Å². The molecule has 8 nitrogen and oxygen atoms in total. The smallest absolute Gasteiger partial charge is 0.343 e. The van der Waals surface area contributed by atoms with Gasteiger partial charge in [0.2, 0.25) is 0 Å². The molecule has 0 saturated carbocycles. The van der Waals surface area contributed by atoms with Crippen LogP contribution in [0, 0.1) is 0 Å². The molecule has 1 amide bonds. The van der Waals surface area contributed by atoms with Crippen molar-refractivity contribution in [2.45, 2.75) is 6.92 Å². The molecule has 8 heteroatoms. The third-order valence-electron chi connectivity index (χ3n) is 4.53. The average Bonchev–Trinajstić information content (AvgIpc) is 2.85. The van der Waals surface area contributed by atoms with Gasteiger partial charge in [0.15, 0.2) is 11.5 Å². The van der Waals surface area contributed by atoms with Gasteiger partial charge in [-0.2, -0.15) is 5.10 Å². The number of hydrogen-bond acceptors (Lipinski definition) is 7. The van der Waals surface area contributed by atoms with E-state index in [1.54, 1.807) is 73.8 Å². The van der Waals surface area contributed by atoms with Gasteiger partial charge in [0, 0.05) is 0 Å². The highest BCUT2D eigenvalue weighted by Gasteiger charge is 2.14. The number of amides is 1. The van der Waals surface area contributed by atoms with Crippen molar-refractivity contribution in [3.8, 4) is 23.0 Å². The van der Waals surface area contributed by atoms with Gasteiger partial charge in [-0.05, 0) is 67.1 Å². The zero-order valence-corrected chi connectivity index (χ0v) is 18.5. The second-order valence-electron chi connectivity index (χ2n) is 6.66. The Morgan fingerprint density at radius 2 is 1.67 bits per heavy atom. The van der Waals surface area contributed by atoms with E-state index in [1.165, 1.54) is 13.3 Å². The fourth-order valence-electron chi connectivity index (χ4n) is 2.90. The summed E-state index contributed by atoms with van der Waals surface area (Å²) in [5, 5.41) is 3.99. The molecule has 0 saturated heterocycles. The van der Waals surface area contributed by atoms with Crippen LogP contribution in [-0.4, -0.2) is 38.9 Å². The first-order valence-electron chi connectivity index (χ1n) is 10.1. The summed E-state index contributed by atoms with van der Waals surface area (Å²) in [5.41, 5.74) is 3.85. The largest absolute Gasteiger partial charge is 0.497 e. The first kappa shape index (κ1) is 23.3. The summed E-state index contributed by atoms with van der Waals surface area (Å²) in [5.74, 6) is 0.810. The number of carbonyl (C=O) groups is 2. The van der Waals surface area contributed by atoms with E-state index in [9.17, 15) is 9.59 Å². The van der Waals surface area contributed by atoms with E-state index in [0.29, 0.717) is 40.5 Å². The Morgan fingerprint density at radius 1 is 0.909 bits per heavy atom. The molecule has 0 aliphatic rings. The zero-order chi connectivity index (χ0) is 23.6. The van der Waals surface area contributed by atoms with E-state index >= 15 is 0 Å². The zero-order valence-electron chi connectivity index (χ0n) is 18.5. The minimum atomic E-state index is -0.524. The number of ether oxygens (including phenoxy) is 4. The summed E-state index contributed by atoms with van der Waals surface area (Å²) in [6.07, 6.45) is 1.46. The molecular weight excluding hydrogens is 424 g/mol. The summed E-state index contributed by atoms with van der Waals surface area (Å²) in [4.78, 5) is 24.8. The number of carbonyl (C=O) groups excluding carboxylic acids is 2. The highest BCUT2D eigenvalue weighted by Crippen LogP contribution is 2.29. The molecule has 0 aliphatic carbocycles. The Bertz CT molecular complexity index is 1140. The molecule has 0 fully saturated rings. The molecule has 0 radical (unpaired) electrons. The predicted molar refractivity (Wildman–Crippen MR) is 124 cm³/mol. The fourth-order valence-corrected chi connectivity index (χ4v) is 2.90. The second kappa shape index (κ2) is 11.3. The first-order valence-corrected chi connectivity index (χ1v) is 10.1. The molecule has 3 aromatic rings. The van der Waals surface area contributed by atoms with Gasteiger partial charge in [0.25, 0.3) is 5.91 Å². The quantitative estimate of drug-likeness (QED) is 0.229. The molecule has 0 aromatic heterocycles. The Kier molecular flexibility index (Phi) is 8.02. The lowest BCUT2D eigenvalue weighted by molar-refractivity contribution is 0.0728. The molecular formula is C25H24N2O6. The molecule has 170 valence electrons. The summed E-state index contributed by atoms with van der Waals surface area (Å²) in [6.45, 7) is 2.20. The maximum Gasteiger partial charge on any atom is 0.343 e. The predicted octanol–water partition coefficient (Wildman–Crippen LogP) is 4.09. The minimum Gasteiger partial charge on any atom is -0.497 e. The monoisotopic (exact) mass is 448 g/mol. The third kappa shape index (κ3) is 6.10. The summed E-state index contributed by atoms with van der Waals surface area (Å²) >= 11 is 0. The fraction of sp³-hybridized carbons (Fsp3) is 0.160. The van der Waals surface area contributed by atoms with Gasteiger partial charge in [-0.3, -0.25) is 4.79 Å². The van der Waals surface area contributed by atoms with Crippen LogP contribution in [0.2, 0.25) is 0 Å². The van der Waals surface area contributed by atoms with Crippen LogP contribution in [0.25, 0.3) is 0 Å². The van der Waals surface area contributed by atoms with Crippen molar-refractivity contribution in [1.29, 1.82) is 0 Å². The van der Waals surface area contributed by atoms with Crippen molar-refractivity contribution < 1.29 is 28.5 Å². The number of nitrogens with zero attached hydrogens (tertiary/aromatic N) is 1. The van der Waals surface area contributed by atoms with Crippen molar-refractivity contribution >= 4 is 18.1 Å². The minimum absolute atomic E-state index is 0.271. The van der Waals surface area contributed by atoms with Crippen LogP contribution in [0.4, 0.5) is 0 Å². The van der Waals surface area contributed by atoms with Crippen LogP contribution in [-0.2, 0) is 0 Å². The molecule has 3 aromatic carbocycles. The van der Waals surface area contributed by atoms with E-state index in [-0.39, 0.29) is 5.75 Å². The second-order valence-corrected chi connectivity index (χ2v) is 6.66. The standard InChI is InChI=1S/C25H24N2O6/c1-4-32-23-15-17(16-26-27-24(28)20-7-5-6-8-21(20)31-3)9-14-22(23)33-25(29)18-10-12-19(30-2)13-11-18/h5-16H,4H2,1-3H3,(H,27,28)/b26-16-. The lowest BCUT2D eigenvalue weighted by Gasteiger charge is -2.11. The SMILES string of the molecule is CCOc1cc(/C=N\NC(=O)c2ccccc2OC)ccc1OC(=O)c1ccc(OC)cc1. The molecule has 0 bridgehead atoms. The van der Waals surface area contributed by atoms with E-state index in [4.69, 9.17) is 18.9 Å². The van der Waals surface area contributed by atoms with Gasteiger partial charge in [0.1, 0.15) is 11.5 Å². The topological polar surface area (TPSA) is 95.5 Å². The van der Waals surface area contributed by atoms with Crippen LogP contribution in [0.15, 0.2) is 71.8 Å². The Hall–Kier alpha value is -4.33. The van der Waals surface area contributed by atoms with Gasteiger partial charge < -0.3 is 18.9 Å². The highest BCUT2D eigenvalue weighted by molar-refractivity contribution is 5.97. The molecule has 0 heterocycles. The Balaban J connectivity index is 1.70. The number of methoxy groups -OCH3 is 2. The number of hydrazone groups is 1. The lowest BCUT2D eigenvalue weighted by atomic mass is 10.2. The van der Waals surface area contributed by atoms with Crippen LogP contribution in [0.1, 0.15) is 33.2 Å². The third-order valence-corrected chi connectivity index (χ3v) is 4.53. The maximum absolute atomic E-state index is 12.5. The molecule has 3 rings (SSSR count). The van der Waals surface area contributed by atoms with Crippen molar-refractivity contribution in [2.75, 3.05) is 20.8 Å². The summed E-state index contributed by atoms with van der Waals surface area (Å²) < 4.78 is 21.4. The van der Waals surface area contributed by atoms with Crippen molar-refractivity contribution in [3.63, 3.8) is 0 Å². The lowest BCUT2D eigenvalue weighted by Crippen LogP contribution is -2.18. The molecule has 0 unspecified atom stereocenters. The number of nitrogens with one attached hydrogen (secondary N) is 1. The number of esters is 1. The molecule has 0 spiro atoms. The maximum atomic E-state index is 12.5. The Morgan fingerprint density at radius 3 is 2.36 bits per heavy atom. The van der Waals surface area contributed by atoms with E-state index < -0.39 is 11.9 Å². The van der Waals surface area contributed by atoms with Crippen LogP contribution < -0.4 is 24.4 Å². The molecule has 0 atom stereocenters. The van der Waals surface area contributed by atoms with Gasteiger partial charge in [-0.25, -0.2) is 10.2 Å². The Labute approximate surface area is 191 Å². The van der Waals surface area contributed by atoms with Crippen LogP contribution >= 0.6 is 0 Å². The van der Waals surface area contributed by atoms with Crippen molar-refractivity contribution in [3.05, 3.63) is 83.4 Å². The van der Waals surface area contributed by atoms with Crippen molar-refractivity contribution in [2.24, 2.45) is 5.10 Å². The molecule has 0 aliphatic heterocycles. The van der Waals surface area contributed by atoms with Crippen LogP contribution in [0.3, 0.4) is 0 Å². The van der Waals surface area contributed by atoms with E-state index in [0.717, 1.165) is 0 Å². The normalized spacial score (nSPS) is 10.5. The van der Waals surface area contributed by atoms with Crippen LogP contribution in [0.5, 0.6) is 23.0 Å². The summed E-state index contributed by atoms with van der Waals surface area (Å²) in [7, 11) is 3.05. The number of hydrogen-bond donors (Lipinski definition) is 1. The molecule has 33 heavy (non-hydrogen) atoms. The van der Waals surface area contributed by atoms with E-state index in [2.05, 4.69) is 10.5 Å². The number of benzene rings is 3. The first-order chi connectivity index (χ1) is 16.0. The van der Waals surface area contributed by atoms with Gasteiger partial charge >= 0.3 is 5.97 Å². The average molecular weight is 448 g/mol. The number of rotatable bonds is 9. The van der Waals surface area contributed by atoms with Gasteiger partial charge in [0.05, 0.1) is 38.2 Å². The van der Waals surface area contributed by atoms with Gasteiger partial charge in [-0.1, -0.05) is 12.1 Å². The summed E-state index contributed by atoms with van der Waals surface area (Å²) in [6, 6.07) is 18.4. The molecule has 1 N–H and O–H groups in total. The number of para-hydroxylation sites is 1. The highest BCUT2D eigenvalue weighted by atomic mass is 16.6. The van der Waals surface area contributed by atoms with Crippen molar-refractivity contribution in [1.82, 2.24) is 5.43 Å².